The molecule has 0 aromatic heterocycles. The van der Waals surface area contributed by atoms with E-state index in [1.165, 1.54) is 0 Å². The van der Waals surface area contributed by atoms with Crippen molar-refractivity contribution in [2.75, 3.05) is 45.9 Å². The molecule has 0 aliphatic carbocycles. The highest BCUT2D eigenvalue weighted by Crippen LogP contribution is 2.28. The third kappa shape index (κ3) is 18.7. The third-order valence-corrected chi connectivity index (χ3v) is 18.0. The first-order chi connectivity index (χ1) is 14.1. The fraction of sp³-hybridized carbons (Fsp3) is 1.00. The average molecular weight is 513 g/mol. The number of aliphatic hydroxyl groups is 2. The van der Waals surface area contributed by atoms with Crippen molar-refractivity contribution >= 4 is 33.8 Å². The van der Waals surface area contributed by atoms with Crippen LogP contribution < -0.4 is 5.32 Å². The number of hydrogen-bond acceptors (Lipinski definition) is 7. The Kier molecular flexibility index (Phi) is 15.0. The summed E-state index contributed by atoms with van der Waals surface area (Å²) in [5, 5.41) is 21.6. The van der Waals surface area contributed by atoms with Crippen molar-refractivity contribution in [1.29, 1.82) is 0 Å². The molecule has 0 aliphatic heterocycles. The minimum absolute atomic E-state index is 0.132. The summed E-state index contributed by atoms with van der Waals surface area (Å²) in [6.45, 7) is 24.2. The topological polar surface area (TPSA) is 83.4 Å². The SMILES string of the molecule is C[Si](C)(C)O[Si](C)(C)O[Si](C)(CCCCCNCCN(CCO)CCO)O[Si](C)(C)C. The van der Waals surface area contributed by atoms with Gasteiger partial charge in [0.25, 0.3) is 0 Å². The predicted molar refractivity (Wildman–Crippen MR) is 141 cm³/mol. The Morgan fingerprint density at radius 3 is 1.68 bits per heavy atom. The summed E-state index contributed by atoms with van der Waals surface area (Å²) in [4.78, 5) is 2.07. The van der Waals surface area contributed by atoms with Gasteiger partial charge in [0.1, 0.15) is 0 Å². The highest BCUT2D eigenvalue weighted by Gasteiger charge is 2.44. The largest absolute Gasteiger partial charge is 0.437 e. The van der Waals surface area contributed by atoms with Crippen LogP contribution in [0.3, 0.4) is 0 Å². The Morgan fingerprint density at radius 1 is 0.645 bits per heavy atom. The summed E-state index contributed by atoms with van der Waals surface area (Å²) in [6, 6.07) is 1.02. The van der Waals surface area contributed by atoms with E-state index in [1.54, 1.807) is 0 Å². The second-order valence-corrected chi connectivity index (χ2v) is 27.4. The second-order valence-electron chi connectivity index (χ2n) is 10.9. The Labute approximate surface area is 196 Å². The molecule has 1 unspecified atom stereocenters. The summed E-state index contributed by atoms with van der Waals surface area (Å²) in [5.74, 6) is 0. The maximum Gasteiger partial charge on any atom is 0.315 e. The molecule has 0 radical (unpaired) electrons. The zero-order chi connectivity index (χ0) is 24.2. The van der Waals surface area contributed by atoms with Gasteiger partial charge in [-0.25, -0.2) is 0 Å². The molecule has 0 aliphatic rings. The van der Waals surface area contributed by atoms with Gasteiger partial charge >= 0.3 is 17.1 Å². The molecule has 0 spiro atoms. The van der Waals surface area contributed by atoms with Gasteiger partial charge in [-0.1, -0.05) is 12.8 Å². The monoisotopic (exact) mass is 512 g/mol. The number of nitrogens with zero attached hydrogens (tertiary/aromatic N) is 1. The molecule has 0 saturated heterocycles. The number of unbranched alkanes of at least 4 members (excludes halogenated alkanes) is 2. The summed E-state index contributed by atoms with van der Waals surface area (Å²) in [6.07, 6.45) is 3.40. The van der Waals surface area contributed by atoms with Crippen LogP contribution in [0.1, 0.15) is 19.3 Å². The van der Waals surface area contributed by atoms with Gasteiger partial charge in [0.15, 0.2) is 16.6 Å². The van der Waals surface area contributed by atoms with Crippen LogP contribution in [0.2, 0.25) is 65.0 Å². The highest BCUT2D eigenvalue weighted by atomic mass is 28.5. The van der Waals surface area contributed by atoms with Crippen molar-refractivity contribution < 1.29 is 22.6 Å². The van der Waals surface area contributed by atoms with E-state index in [0.717, 1.165) is 44.9 Å². The molecule has 0 fully saturated rings. The Balaban J connectivity index is 4.44. The minimum Gasteiger partial charge on any atom is -0.437 e. The first-order valence-electron chi connectivity index (χ1n) is 11.9. The number of hydrogen-bond donors (Lipinski definition) is 3. The Bertz CT molecular complexity index is 469. The Hall–Kier alpha value is 0.588. The van der Waals surface area contributed by atoms with Crippen LogP contribution >= 0.6 is 0 Å². The molecule has 7 nitrogen and oxygen atoms in total. The minimum atomic E-state index is -2.28. The van der Waals surface area contributed by atoms with Gasteiger partial charge in [-0.05, 0) is 77.9 Å². The molecule has 0 bridgehead atoms. The number of rotatable bonds is 19. The predicted octanol–water partition coefficient (Wildman–Crippen LogP) is 3.53. The van der Waals surface area contributed by atoms with Crippen molar-refractivity contribution in [3.05, 3.63) is 0 Å². The molecule has 0 saturated carbocycles. The Morgan fingerprint density at radius 2 is 1.19 bits per heavy atom. The van der Waals surface area contributed by atoms with Crippen LogP contribution in [-0.4, -0.2) is 94.8 Å². The summed E-state index contributed by atoms with van der Waals surface area (Å²) in [5.41, 5.74) is 0. The summed E-state index contributed by atoms with van der Waals surface area (Å²) < 4.78 is 19.8. The van der Waals surface area contributed by atoms with Gasteiger partial charge in [-0.2, -0.15) is 0 Å². The van der Waals surface area contributed by atoms with E-state index in [1.807, 2.05) is 0 Å². The number of aliphatic hydroxyl groups excluding tert-OH is 2. The van der Waals surface area contributed by atoms with Crippen LogP contribution in [0.25, 0.3) is 0 Å². The van der Waals surface area contributed by atoms with E-state index in [4.69, 9.17) is 22.6 Å². The van der Waals surface area contributed by atoms with Crippen LogP contribution in [0, 0.1) is 0 Å². The first kappa shape index (κ1) is 31.6. The number of nitrogens with one attached hydrogen (secondary N) is 1. The van der Waals surface area contributed by atoms with Crippen molar-refractivity contribution in [2.45, 2.75) is 84.2 Å². The van der Waals surface area contributed by atoms with E-state index in [-0.39, 0.29) is 13.2 Å². The summed E-state index contributed by atoms with van der Waals surface area (Å²) in [7, 11) is -7.85. The van der Waals surface area contributed by atoms with Crippen molar-refractivity contribution in [1.82, 2.24) is 10.2 Å². The zero-order valence-corrected chi connectivity index (χ0v) is 25.8. The van der Waals surface area contributed by atoms with E-state index >= 15 is 0 Å². The van der Waals surface area contributed by atoms with E-state index in [0.29, 0.717) is 13.1 Å². The van der Waals surface area contributed by atoms with Gasteiger partial charge in [-0.15, -0.1) is 0 Å². The van der Waals surface area contributed by atoms with Gasteiger partial charge in [-0.3, -0.25) is 4.90 Å². The fourth-order valence-electron chi connectivity index (χ4n) is 3.90. The summed E-state index contributed by atoms with van der Waals surface area (Å²) >= 11 is 0. The van der Waals surface area contributed by atoms with Crippen LogP contribution in [0.5, 0.6) is 0 Å². The molecule has 0 heterocycles. The lowest BCUT2D eigenvalue weighted by Crippen LogP contribution is -2.56. The van der Waals surface area contributed by atoms with Crippen molar-refractivity contribution in [3.8, 4) is 0 Å². The van der Waals surface area contributed by atoms with E-state index < -0.39 is 33.8 Å². The van der Waals surface area contributed by atoms with Crippen LogP contribution in [0.4, 0.5) is 0 Å². The molecule has 1 atom stereocenters. The van der Waals surface area contributed by atoms with Gasteiger partial charge < -0.3 is 27.9 Å². The maximum atomic E-state index is 9.06. The lowest BCUT2D eigenvalue weighted by Gasteiger charge is -2.41. The standard InChI is InChI=1S/C20H52N2O5Si4/c1-28(2,3)25-30(7,8)27-31(9,26-29(4,5)6)20-12-10-11-13-21-14-15-22(16-18-23)17-19-24/h21,23-24H,10-20H2,1-9H3. The second kappa shape index (κ2) is 14.8. The molecular formula is C20H52N2O5Si4. The zero-order valence-electron chi connectivity index (χ0n) is 21.8. The molecule has 11 heteroatoms. The first-order valence-corrected chi connectivity index (χ1v) is 24.0. The molecule has 31 heavy (non-hydrogen) atoms. The maximum absolute atomic E-state index is 9.06. The lowest BCUT2D eigenvalue weighted by atomic mass is 10.2. The third-order valence-electron chi connectivity index (χ3n) is 4.46. The molecule has 0 rings (SSSR count). The molecule has 0 aromatic rings. The normalized spacial score (nSPS) is 15.5. The van der Waals surface area contributed by atoms with Crippen molar-refractivity contribution in [2.24, 2.45) is 0 Å². The quantitative estimate of drug-likeness (QED) is 0.180. The lowest BCUT2D eigenvalue weighted by molar-refractivity contribution is 0.161. The molecule has 3 N–H and O–H groups in total. The molecule has 188 valence electrons. The molecule has 0 aromatic carbocycles. The van der Waals surface area contributed by atoms with E-state index in [9.17, 15) is 0 Å². The van der Waals surface area contributed by atoms with Crippen LogP contribution in [0.15, 0.2) is 0 Å². The molecular weight excluding hydrogens is 461 g/mol. The van der Waals surface area contributed by atoms with Crippen molar-refractivity contribution in [3.63, 3.8) is 0 Å². The molecule has 0 amide bonds. The van der Waals surface area contributed by atoms with E-state index in [2.05, 4.69) is 69.1 Å². The van der Waals surface area contributed by atoms with Crippen LogP contribution in [-0.2, 0) is 12.3 Å². The highest BCUT2D eigenvalue weighted by molar-refractivity contribution is 6.89. The average Bonchev–Trinajstić information content (AvgIpc) is 2.52. The van der Waals surface area contributed by atoms with Gasteiger partial charge in [0.05, 0.1) is 13.2 Å². The smallest absolute Gasteiger partial charge is 0.315 e. The van der Waals surface area contributed by atoms with Gasteiger partial charge in [0, 0.05) is 26.2 Å². The fourth-order valence-corrected chi connectivity index (χ4v) is 21.9. The van der Waals surface area contributed by atoms with Gasteiger partial charge in [0.2, 0.25) is 0 Å².